The number of hydrogen-bond acceptors (Lipinski definition) is 4. The number of ether oxygens (including phenoxy) is 1. The summed E-state index contributed by atoms with van der Waals surface area (Å²) in [6.45, 7) is 14.9. The molecule has 1 fully saturated rings. The topological polar surface area (TPSA) is 52.1 Å². The fraction of sp³-hybridized carbons (Fsp3) is 0.650. The molecule has 1 heterocycles. The standard InChI is InChI=1S/C20H34FN5O.HI/c1-4-22-20(23-10-11-26-14-12-25(5-2)13-15-26)24-16-17(3)27-19-9-7-6-8-18(19)21;/h6-9,17H,4-5,10-16H2,1-3H3,(H2,22,23,24);1H. The van der Waals surface area contributed by atoms with E-state index in [0.717, 1.165) is 58.3 Å². The minimum atomic E-state index is -0.346. The third kappa shape index (κ3) is 8.91. The fourth-order valence-electron chi connectivity index (χ4n) is 3.02. The van der Waals surface area contributed by atoms with Gasteiger partial charge in [-0.1, -0.05) is 19.1 Å². The number of nitrogens with one attached hydrogen (secondary N) is 2. The molecule has 1 aromatic carbocycles. The van der Waals surface area contributed by atoms with Gasteiger partial charge in [-0.15, -0.1) is 24.0 Å². The summed E-state index contributed by atoms with van der Waals surface area (Å²) >= 11 is 0. The van der Waals surface area contributed by atoms with E-state index in [2.05, 4.69) is 32.3 Å². The number of likely N-dealkylation sites (N-methyl/N-ethyl adjacent to an activating group) is 1. The second kappa shape index (κ2) is 13.9. The van der Waals surface area contributed by atoms with Crippen LogP contribution in [0.4, 0.5) is 4.39 Å². The molecule has 1 aliphatic heterocycles. The summed E-state index contributed by atoms with van der Waals surface area (Å²) in [5, 5.41) is 6.63. The molecule has 0 saturated carbocycles. The van der Waals surface area contributed by atoms with E-state index in [4.69, 9.17) is 4.74 Å². The Morgan fingerprint density at radius 1 is 1.14 bits per heavy atom. The molecular weight excluding hydrogens is 472 g/mol. The van der Waals surface area contributed by atoms with Gasteiger partial charge in [0.15, 0.2) is 17.5 Å². The molecule has 28 heavy (non-hydrogen) atoms. The van der Waals surface area contributed by atoms with Gasteiger partial charge in [-0.2, -0.15) is 0 Å². The Kier molecular flexibility index (Phi) is 12.4. The summed E-state index contributed by atoms with van der Waals surface area (Å²) in [6, 6.07) is 6.45. The molecule has 8 heteroatoms. The molecule has 1 saturated heterocycles. The van der Waals surface area contributed by atoms with Crippen molar-refractivity contribution in [2.24, 2.45) is 4.99 Å². The normalized spacial score (nSPS) is 16.9. The van der Waals surface area contributed by atoms with E-state index >= 15 is 0 Å². The van der Waals surface area contributed by atoms with Crippen molar-refractivity contribution in [2.45, 2.75) is 26.9 Å². The first-order valence-corrected chi connectivity index (χ1v) is 10.0. The Hall–Kier alpha value is -1.13. The number of para-hydroxylation sites is 1. The maximum atomic E-state index is 13.7. The van der Waals surface area contributed by atoms with Crippen molar-refractivity contribution in [2.75, 3.05) is 58.9 Å². The summed E-state index contributed by atoms with van der Waals surface area (Å²) in [5.74, 6) is 0.694. The Morgan fingerprint density at radius 3 is 2.46 bits per heavy atom. The monoisotopic (exact) mass is 507 g/mol. The largest absolute Gasteiger partial charge is 0.486 e. The van der Waals surface area contributed by atoms with Crippen molar-refractivity contribution in [1.29, 1.82) is 0 Å². The molecule has 1 aromatic rings. The van der Waals surface area contributed by atoms with E-state index in [1.807, 2.05) is 13.8 Å². The molecule has 160 valence electrons. The molecule has 6 nitrogen and oxygen atoms in total. The van der Waals surface area contributed by atoms with Gasteiger partial charge in [0, 0.05) is 45.8 Å². The first-order valence-electron chi connectivity index (χ1n) is 10.0. The summed E-state index contributed by atoms with van der Waals surface area (Å²) in [7, 11) is 0. The highest BCUT2D eigenvalue weighted by atomic mass is 127. The molecule has 2 rings (SSSR count). The highest BCUT2D eigenvalue weighted by Crippen LogP contribution is 2.16. The third-order valence-electron chi connectivity index (χ3n) is 4.65. The minimum absolute atomic E-state index is 0. The molecule has 1 unspecified atom stereocenters. The van der Waals surface area contributed by atoms with Crippen LogP contribution < -0.4 is 15.4 Å². The number of piperazine rings is 1. The molecule has 2 N–H and O–H groups in total. The number of guanidine groups is 1. The summed E-state index contributed by atoms with van der Waals surface area (Å²) in [4.78, 5) is 9.52. The maximum Gasteiger partial charge on any atom is 0.191 e. The van der Waals surface area contributed by atoms with E-state index in [-0.39, 0.29) is 41.6 Å². The molecule has 1 aliphatic rings. The summed E-state index contributed by atoms with van der Waals surface area (Å²) in [6.07, 6.45) is -0.209. The lowest BCUT2D eigenvalue weighted by Crippen LogP contribution is -2.49. The Bertz CT molecular complexity index is 581. The first-order chi connectivity index (χ1) is 13.1. The van der Waals surface area contributed by atoms with Crippen LogP contribution in [0, 0.1) is 5.82 Å². The maximum absolute atomic E-state index is 13.7. The van der Waals surface area contributed by atoms with Gasteiger partial charge >= 0.3 is 0 Å². The summed E-state index contributed by atoms with van der Waals surface area (Å²) in [5.41, 5.74) is 0. The highest BCUT2D eigenvalue weighted by Gasteiger charge is 2.15. The molecule has 0 radical (unpaired) electrons. The second-order valence-corrected chi connectivity index (χ2v) is 6.78. The van der Waals surface area contributed by atoms with Gasteiger partial charge in [-0.3, -0.25) is 4.90 Å². The zero-order chi connectivity index (χ0) is 19.5. The van der Waals surface area contributed by atoms with Crippen molar-refractivity contribution < 1.29 is 9.13 Å². The molecule has 1 atom stereocenters. The van der Waals surface area contributed by atoms with Crippen LogP contribution in [0.3, 0.4) is 0 Å². The van der Waals surface area contributed by atoms with E-state index < -0.39 is 0 Å². The smallest absolute Gasteiger partial charge is 0.191 e. The van der Waals surface area contributed by atoms with Gasteiger partial charge in [0.2, 0.25) is 0 Å². The molecule has 0 bridgehead atoms. The van der Waals surface area contributed by atoms with E-state index in [1.165, 1.54) is 6.07 Å². The predicted octanol–water partition coefficient (Wildman–Crippen LogP) is 2.40. The van der Waals surface area contributed by atoms with Gasteiger partial charge < -0.3 is 20.3 Å². The number of aliphatic imine (C=N–C) groups is 1. The lowest BCUT2D eigenvalue weighted by molar-refractivity contribution is 0.139. The lowest BCUT2D eigenvalue weighted by atomic mass is 10.3. The SMILES string of the molecule is CCNC(=NCC(C)Oc1ccccc1F)NCCN1CCN(CC)CC1.I. The van der Waals surface area contributed by atoms with E-state index in [0.29, 0.717) is 6.54 Å². The fourth-order valence-corrected chi connectivity index (χ4v) is 3.02. The quantitative estimate of drug-likeness (QED) is 0.306. The molecular formula is C20H35FIN5O. The first kappa shape index (κ1) is 24.9. The van der Waals surface area contributed by atoms with Crippen molar-refractivity contribution in [1.82, 2.24) is 20.4 Å². The van der Waals surface area contributed by atoms with Gasteiger partial charge in [0.25, 0.3) is 0 Å². The van der Waals surface area contributed by atoms with Gasteiger partial charge in [-0.25, -0.2) is 9.38 Å². The number of nitrogens with zero attached hydrogens (tertiary/aromatic N) is 3. The Balaban J connectivity index is 0.00000392. The van der Waals surface area contributed by atoms with Crippen LogP contribution in [0.1, 0.15) is 20.8 Å². The highest BCUT2D eigenvalue weighted by molar-refractivity contribution is 14.0. The average molecular weight is 507 g/mol. The number of benzene rings is 1. The minimum Gasteiger partial charge on any atom is -0.486 e. The van der Waals surface area contributed by atoms with Crippen molar-refractivity contribution >= 4 is 29.9 Å². The van der Waals surface area contributed by atoms with Crippen LogP contribution in [-0.4, -0.2) is 80.8 Å². The van der Waals surface area contributed by atoms with Crippen molar-refractivity contribution in [3.8, 4) is 5.75 Å². The van der Waals surface area contributed by atoms with Gasteiger partial charge in [0.05, 0.1) is 6.54 Å². The van der Waals surface area contributed by atoms with Crippen LogP contribution in [0.15, 0.2) is 29.3 Å². The van der Waals surface area contributed by atoms with Crippen LogP contribution in [0.2, 0.25) is 0 Å². The van der Waals surface area contributed by atoms with Crippen LogP contribution in [-0.2, 0) is 0 Å². The lowest BCUT2D eigenvalue weighted by Gasteiger charge is -2.34. The van der Waals surface area contributed by atoms with Gasteiger partial charge in [-0.05, 0) is 32.5 Å². The van der Waals surface area contributed by atoms with Crippen LogP contribution in [0.5, 0.6) is 5.75 Å². The number of rotatable bonds is 9. The molecule has 0 aromatic heterocycles. The molecule has 0 aliphatic carbocycles. The number of halogens is 2. The Labute approximate surface area is 185 Å². The second-order valence-electron chi connectivity index (χ2n) is 6.78. The predicted molar refractivity (Wildman–Crippen MR) is 124 cm³/mol. The number of hydrogen-bond donors (Lipinski definition) is 2. The zero-order valence-corrected chi connectivity index (χ0v) is 19.6. The zero-order valence-electron chi connectivity index (χ0n) is 17.3. The van der Waals surface area contributed by atoms with Crippen LogP contribution in [0.25, 0.3) is 0 Å². The molecule has 0 amide bonds. The van der Waals surface area contributed by atoms with Crippen LogP contribution >= 0.6 is 24.0 Å². The molecule has 0 spiro atoms. The third-order valence-corrected chi connectivity index (χ3v) is 4.65. The Morgan fingerprint density at radius 2 is 1.82 bits per heavy atom. The van der Waals surface area contributed by atoms with Crippen molar-refractivity contribution in [3.63, 3.8) is 0 Å². The van der Waals surface area contributed by atoms with E-state index in [1.54, 1.807) is 18.2 Å². The van der Waals surface area contributed by atoms with Crippen molar-refractivity contribution in [3.05, 3.63) is 30.1 Å². The average Bonchev–Trinajstić information content (AvgIpc) is 2.68. The van der Waals surface area contributed by atoms with E-state index in [9.17, 15) is 4.39 Å². The summed E-state index contributed by atoms with van der Waals surface area (Å²) < 4.78 is 19.3. The van der Waals surface area contributed by atoms with Gasteiger partial charge in [0.1, 0.15) is 6.10 Å².